The van der Waals surface area contributed by atoms with E-state index in [1.54, 1.807) is 0 Å². The Morgan fingerprint density at radius 1 is 1.00 bits per heavy atom. The molecule has 2 aromatic carbocycles. The van der Waals surface area contributed by atoms with Gasteiger partial charge in [0.05, 0.1) is 0 Å². The summed E-state index contributed by atoms with van der Waals surface area (Å²) in [5.74, 6) is 0.674. The molecule has 0 radical (unpaired) electrons. The van der Waals surface area contributed by atoms with Crippen molar-refractivity contribution in [1.82, 2.24) is 0 Å². The third-order valence-corrected chi connectivity index (χ3v) is 5.40. The number of Topliss-reactive ketones (excluding diaryl/α,β-unsaturated/α-hetero) is 1. The molecule has 4 heteroatoms. The van der Waals surface area contributed by atoms with Crippen molar-refractivity contribution in [1.29, 1.82) is 0 Å². The van der Waals surface area contributed by atoms with Gasteiger partial charge in [-0.2, -0.15) is 0 Å². The van der Waals surface area contributed by atoms with E-state index in [4.69, 9.17) is 9.15 Å². The smallest absolute Gasteiger partial charge is 0.339 e. The fraction of sp³-hybridized carbons (Fsp3) is 0.391. The average molecular weight is 364 g/mol. The van der Waals surface area contributed by atoms with Crippen LogP contribution in [0, 0.1) is 5.41 Å². The van der Waals surface area contributed by atoms with E-state index in [2.05, 4.69) is 0 Å². The summed E-state index contributed by atoms with van der Waals surface area (Å²) in [6, 6.07) is 9.68. The molecule has 4 rings (SSSR count). The van der Waals surface area contributed by atoms with Crippen molar-refractivity contribution < 1.29 is 13.9 Å². The van der Waals surface area contributed by atoms with E-state index in [0.29, 0.717) is 11.3 Å². The number of rotatable bonds is 3. The topological polar surface area (TPSA) is 56.5 Å². The number of carbonyl (C=O) groups is 1. The third-order valence-electron chi connectivity index (χ3n) is 5.40. The number of carbonyl (C=O) groups excluding carboxylic acids is 1. The SMILES string of the molecule is CC(C)(C)C(=O)COc1cccc2c1ccc1c3c(c(=O)oc12)CCCC3. The second-order valence-corrected chi connectivity index (χ2v) is 8.31. The molecule has 0 bridgehead atoms. The summed E-state index contributed by atoms with van der Waals surface area (Å²) in [4.78, 5) is 24.7. The van der Waals surface area contributed by atoms with Crippen molar-refractivity contribution in [2.24, 2.45) is 5.41 Å². The van der Waals surface area contributed by atoms with Crippen LogP contribution in [-0.4, -0.2) is 12.4 Å². The highest BCUT2D eigenvalue weighted by Crippen LogP contribution is 2.35. The summed E-state index contributed by atoms with van der Waals surface area (Å²) in [5.41, 5.74) is 1.91. The average Bonchev–Trinajstić information content (AvgIpc) is 2.65. The summed E-state index contributed by atoms with van der Waals surface area (Å²) in [7, 11) is 0. The van der Waals surface area contributed by atoms with Crippen molar-refractivity contribution in [2.75, 3.05) is 6.61 Å². The molecule has 1 aliphatic rings. The van der Waals surface area contributed by atoms with Crippen LogP contribution < -0.4 is 10.4 Å². The van der Waals surface area contributed by atoms with E-state index in [-0.39, 0.29) is 18.0 Å². The molecule has 1 heterocycles. The monoisotopic (exact) mass is 364 g/mol. The first-order chi connectivity index (χ1) is 12.9. The Bertz CT molecular complexity index is 1100. The standard InChI is InChI=1S/C23H24O4/c1-23(2,3)20(24)13-26-19-10-6-9-16-15(19)11-12-17-14-7-4-5-8-18(14)22(25)27-21(16)17/h6,9-12H,4-5,7-8,13H2,1-3H3. The quantitative estimate of drug-likeness (QED) is 0.494. The Morgan fingerprint density at radius 3 is 2.44 bits per heavy atom. The second-order valence-electron chi connectivity index (χ2n) is 8.31. The summed E-state index contributed by atoms with van der Waals surface area (Å²) >= 11 is 0. The number of benzene rings is 2. The van der Waals surface area contributed by atoms with Gasteiger partial charge in [0.2, 0.25) is 0 Å². The number of fused-ring (bicyclic) bond motifs is 5. The molecule has 0 amide bonds. The molecule has 0 atom stereocenters. The van der Waals surface area contributed by atoms with Crippen LogP contribution in [0.5, 0.6) is 5.75 Å². The van der Waals surface area contributed by atoms with Gasteiger partial charge < -0.3 is 9.15 Å². The van der Waals surface area contributed by atoms with Gasteiger partial charge in [0, 0.05) is 27.1 Å². The third kappa shape index (κ3) is 3.14. The van der Waals surface area contributed by atoms with Gasteiger partial charge in [0.25, 0.3) is 0 Å². The summed E-state index contributed by atoms with van der Waals surface area (Å²) < 4.78 is 11.6. The lowest BCUT2D eigenvalue weighted by Crippen LogP contribution is -2.26. The summed E-state index contributed by atoms with van der Waals surface area (Å²) in [5, 5.41) is 2.71. The highest BCUT2D eigenvalue weighted by atomic mass is 16.5. The van der Waals surface area contributed by atoms with Gasteiger partial charge in [0.15, 0.2) is 5.78 Å². The number of aryl methyl sites for hydroxylation is 1. The maximum atomic E-state index is 12.5. The van der Waals surface area contributed by atoms with Crippen molar-refractivity contribution in [3.05, 3.63) is 51.9 Å². The van der Waals surface area contributed by atoms with E-state index >= 15 is 0 Å². The second kappa shape index (κ2) is 6.52. The number of ketones is 1. The van der Waals surface area contributed by atoms with Crippen LogP contribution in [0.1, 0.15) is 44.7 Å². The van der Waals surface area contributed by atoms with Gasteiger partial charge >= 0.3 is 5.63 Å². The lowest BCUT2D eigenvalue weighted by atomic mass is 9.90. The highest BCUT2D eigenvalue weighted by Gasteiger charge is 2.23. The maximum Gasteiger partial charge on any atom is 0.339 e. The van der Waals surface area contributed by atoms with Crippen LogP contribution in [0.4, 0.5) is 0 Å². The molecule has 3 aromatic rings. The minimum absolute atomic E-state index is 0.0226. The van der Waals surface area contributed by atoms with Gasteiger partial charge in [0.1, 0.15) is 17.9 Å². The minimum Gasteiger partial charge on any atom is -0.485 e. The molecule has 1 aliphatic carbocycles. The number of hydrogen-bond donors (Lipinski definition) is 0. The van der Waals surface area contributed by atoms with E-state index in [1.807, 2.05) is 51.1 Å². The molecule has 0 spiro atoms. The molecular formula is C23H24O4. The van der Waals surface area contributed by atoms with Crippen LogP contribution in [0.3, 0.4) is 0 Å². The van der Waals surface area contributed by atoms with Crippen LogP contribution in [0.2, 0.25) is 0 Å². The Kier molecular flexibility index (Phi) is 4.29. The molecular weight excluding hydrogens is 340 g/mol. The predicted molar refractivity (Wildman–Crippen MR) is 107 cm³/mol. The van der Waals surface area contributed by atoms with Crippen LogP contribution in [-0.2, 0) is 17.6 Å². The van der Waals surface area contributed by atoms with Gasteiger partial charge in [-0.05, 0) is 43.4 Å². The molecule has 0 fully saturated rings. The summed E-state index contributed by atoms with van der Waals surface area (Å²) in [6.07, 6.45) is 3.85. The molecule has 1 aromatic heterocycles. The number of hydrogen-bond acceptors (Lipinski definition) is 4. The van der Waals surface area contributed by atoms with Gasteiger partial charge in [-0.3, -0.25) is 4.79 Å². The van der Waals surface area contributed by atoms with Gasteiger partial charge in [-0.15, -0.1) is 0 Å². The van der Waals surface area contributed by atoms with Crippen LogP contribution >= 0.6 is 0 Å². The minimum atomic E-state index is -0.441. The first-order valence-corrected chi connectivity index (χ1v) is 9.52. The highest BCUT2D eigenvalue weighted by molar-refractivity contribution is 6.07. The maximum absolute atomic E-state index is 12.5. The normalized spacial score (nSPS) is 14.3. The summed E-state index contributed by atoms with van der Waals surface area (Å²) in [6.45, 7) is 5.67. The van der Waals surface area contributed by atoms with Gasteiger partial charge in [-0.1, -0.05) is 39.0 Å². The van der Waals surface area contributed by atoms with Gasteiger partial charge in [-0.25, -0.2) is 4.79 Å². The first-order valence-electron chi connectivity index (χ1n) is 9.52. The fourth-order valence-corrected chi connectivity index (χ4v) is 3.72. The van der Waals surface area contributed by atoms with Crippen LogP contribution in [0.15, 0.2) is 39.5 Å². The molecule has 4 nitrogen and oxygen atoms in total. The molecule has 27 heavy (non-hydrogen) atoms. The van der Waals surface area contributed by atoms with E-state index in [0.717, 1.165) is 53.0 Å². The first kappa shape index (κ1) is 17.8. The van der Waals surface area contributed by atoms with Crippen molar-refractivity contribution in [3.8, 4) is 5.75 Å². The Morgan fingerprint density at radius 2 is 1.70 bits per heavy atom. The Balaban J connectivity index is 1.83. The molecule has 0 N–H and O–H groups in total. The molecule has 0 unspecified atom stereocenters. The Labute approximate surface area is 158 Å². The van der Waals surface area contributed by atoms with Crippen molar-refractivity contribution in [3.63, 3.8) is 0 Å². The molecule has 0 saturated heterocycles. The van der Waals surface area contributed by atoms with Crippen molar-refractivity contribution >= 4 is 27.5 Å². The zero-order valence-corrected chi connectivity index (χ0v) is 16.1. The largest absolute Gasteiger partial charge is 0.485 e. The Hall–Kier alpha value is -2.62. The molecule has 140 valence electrons. The lowest BCUT2D eigenvalue weighted by molar-refractivity contribution is -0.128. The van der Waals surface area contributed by atoms with Crippen molar-refractivity contribution in [2.45, 2.75) is 46.5 Å². The van der Waals surface area contributed by atoms with E-state index < -0.39 is 5.41 Å². The fourth-order valence-electron chi connectivity index (χ4n) is 3.72. The van der Waals surface area contributed by atoms with E-state index in [1.165, 1.54) is 0 Å². The van der Waals surface area contributed by atoms with Crippen LogP contribution in [0.25, 0.3) is 21.7 Å². The lowest BCUT2D eigenvalue weighted by Gasteiger charge is -2.18. The molecule has 0 aliphatic heterocycles. The molecule has 0 saturated carbocycles. The predicted octanol–water partition coefficient (Wildman–Crippen LogP) is 4.82. The number of ether oxygens (including phenoxy) is 1. The zero-order chi connectivity index (χ0) is 19.2. The zero-order valence-electron chi connectivity index (χ0n) is 16.1. The van der Waals surface area contributed by atoms with E-state index in [9.17, 15) is 9.59 Å².